The molecule has 0 aliphatic rings. The van der Waals surface area contributed by atoms with Crippen molar-refractivity contribution in [2.24, 2.45) is 0 Å². The van der Waals surface area contributed by atoms with Crippen molar-refractivity contribution in [2.45, 2.75) is 0 Å². The number of rotatable bonds is 4. The number of hydrogen-bond donors (Lipinski definition) is 0. The van der Waals surface area contributed by atoms with E-state index in [0.29, 0.717) is 16.7 Å². The van der Waals surface area contributed by atoms with Crippen LogP contribution in [0.2, 0.25) is 0 Å². The standard InChI is InChI=1S/C23H17BrN2O2/c1-28-19-13-11-18(12-14-19)26-22(15-8-16-6-9-17(24)10-7-16)25-21-5-3-2-4-20(21)23(26)27/h2-15H,1H3. The monoisotopic (exact) mass is 432 g/mol. The van der Waals surface area contributed by atoms with Crippen LogP contribution in [0.4, 0.5) is 0 Å². The lowest BCUT2D eigenvalue weighted by Gasteiger charge is -2.12. The molecule has 4 aromatic rings. The molecule has 28 heavy (non-hydrogen) atoms. The summed E-state index contributed by atoms with van der Waals surface area (Å²) in [5, 5.41) is 0.583. The molecule has 0 saturated carbocycles. The highest BCUT2D eigenvalue weighted by atomic mass is 79.9. The fourth-order valence-electron chi connectivity index (χ4n) is 2.99. The Morgan fingerprint density at radius 1 is 0.929 bits per heavy atom. The first-order valence-electron chi connectivity index (χ1n) is 8.75. The minimum Gasteiger partial charge on any atom is -0.497 e. The van der Waals surface area contributed by atoms with Crippen LogP contribution in [-0.4, -0.2) is 16.7 Å². The van der Waals surface area contributed by atoms with Crippen molar-refractivity contribution in [2.75, 3.05) is 7.11 Å². The van der Waals surface area contributed by atoms with E-state index in [0.717, 1.165) is 21.5 Å². The van der Waals surface area contributed by atoms with Crippen molar-refractivity contribution in [3.8, 4) is 11.4 Å². The van der Waals surface area contributed by atoms with Gasteiger partial charge in [-0.3, -0.25) is 9.36 Å². The normalized spacial score (nSPS) is 11.2. The molecular weight excluding hydrogens is 416 g/mol. The Balaban J connectivity index is 1.89. The van der Waals surface area contributed by atoms with E-state index in [1.54, 1.807) is 17.7 Å². The summed E-state index contributed by atoms with van der Waals surface area (Å²) in [5.41, 5.74) is 2.32. The fraction of sp³-hybridized carbons (Fsp3) is 0.0435. The van der Waals surface area contributed by atoms with Crippen LogP contribution >= 0.6 is 15.9 Å². The van der Waals surface area contributed by atoms with Gasteiger partial charge in [0.05, 0.1) is 23.7 Å². The minimum absolute atomic E-state index is 0.105. The van der Waals surface area contributed by atoms with Crippen LogP contribution in [0.1, 0.15) is 11.4 Å². The third-order valence-corrected chi connectivity index (χ3v) is 4.96. The Morgan fingerprint density at radius 2 is 1.64 bits per heavy atom. The van der Waals surface area contributed by atoms with E-state index in [1.165, 1.54) is 0 Å². The summed E-state index contributed by atoms with van der Waals surface area (Å²) >= 11 is 3.44. The zero-order chi connectivity index (χ0) is 19.5. The molecule has 0 fully saturated rings. The summed E-state index contributed by atoms with van der Waals surface area (Å²) in [6, 6.07) is 22.7. The topological polar surface area (TPSA) is 44.1 Å². The lowest BCUT2D eigenvalue weighted by Crippen LogP contribution is -2.22. The minimum atomic E-state index is -0.105. The summed E-state index contributed by atoms with van der Waals surface area (Å²) in [5.74, 6) is 1.30. The van der Waals surface area contributed by atoms with Gasteiger partial charge in [0.2, 0.25) is 0 Å². The number of fused-ring (bicyclic) bond motifs is 1. The number of methoxy groups -OCH3 is 1. The fourth-order valence-corrected chi connectivity index (χ4v) is 3.25. The quantitative estimate of drug-likeness (QED) is 0.437. The van der Waals surface area contributed by atoms with Crippen LogP contribution in [0.3, 0.4) is 0 Å². The van der Waals surface area contributed by atoms with Gasteiger partial charge in [0, 0.05) is 4.47 Å². The second kappa shape index (κ2) is 7.82. The van der Waals surface area contributed by atoms with Crippen molar-refractivity contribution in [1.29, 1.82) is 0 Å². The van der Waals surface area contributed by atoms with Gasteiger partial charge in [0.25, 0.3) is 5.56 Å². The Morgan fingerprint density at radius 3 is 2.36 bits per heavy atom. The van der Waals surface area contributed by atoms with Crippen LogP contribution in [-0.2, 0) is 0 Å². The molecule has 0 amide bonds. The molecule has 138 valence electrons. The van der Waals surface area contributed by atoms with E-state index < -0.39 is 0 Å². The van der Waals surface area contributed by atoms with Crippen LogP contribution in [0.5, 0.6) is 5.75 Å². The number of halogens is 1. The third-order valence-electron chi connectivity index (χ3n) is 4.43. The van der Waals surface area contributed by atoms with Crippen molar-refractivity contribution in [3.63, 3.8) is 0 Å². The highest BCUT2D eigenvalue weighted by molar-refractivity contribution is 9.10. The average Bonchev–Trinajstić information content (AvgIpc) is 2.74. The Labute approximate surface area is 170 Å². The first-order valence-corrected chi connectivity index (χ1v) is 9.55. The Hall–Kier alpha value is -3.18. The van der Waals surface area contributed by atoms with Gasteiger partial charge in [-0.15, -0.1) is 0 Å². The molecule has 3 aromatic carbocycles. The van der Waals surface area contributed by atoms with Gasteiger partial charge in [-0.05, 0) is 60.2 Å². The van der Waals surface area contributed by atoms with Crippen LogP contribution in [0.15, 0.2) is 82.1 Å². The zero-order valence-electron chi connectivity index (χ0n) is 15.2. The Kier molecular flexibility index (Phi) is 5.08. The summed E-state index contributed by atoms with van der Waals surface area (Å²) in [6.07, 6.45) is 3.81. The molecule has 0 unspecified atom stereocenters. The maximum absolute atomic E-state index is 13.2. The molecule has 0 N–H and O–H groups in total. The van der Waals surface area contributed by atoms with Crippen LogP contribution in [0, 0.1) is 0 Å². The molecule has 0 saturated heterocycles. The lowest BCUT2D eigenvalue weighted by molar-refractivity contribution is 0.414. The summed E-state index contributed by atoms with van der Waals surface area (Å²) in [4.78, 5) is 17.9. The van der Waals surface area contributed by atoms with E-state index >= 15 is 0 Å². The average molecular weight is 433 g/mol. The SMILES string of the molecule is COc1ccc(-n2c(C=Cc3ccc(Br)cc3)nc3ccccc3c2=O)cc1. The molecule has 0 spiro atoms. The predicted octanol–water partition coefficient (Wildman–Crippen LogP) is 5.33. The van der Waals surface area contributed by atoms with Crippen molar-refractivity contribution in [1.82, 2.24) is 9.55 Å². The van der Waals surface area contributed by atoms with Crippen LogP contribution < -0.4 is 10.3 Å². The molecule has 1 aromatic heterocycles. The number of ether oxygens (including phenoxy) is 1. The van der Waals surface area contributed by atoms with E-state index in [1.807, 2.05) is 78.9 Å². The molecular formula is C23H17BrN2O2. The molecule has 0 atom stereocenters. The van der Waals surface area contributed by atoms with Gasteiger partial charge < -0.3 is 4.74 Å². The van der Waals surface area contributed by atoms with Gasteiger partial charge >= 0.3 is 0 Å². The highest BCUT2D eigenvalue weighted by Crippen LogP contribution is 2.19. The molecule has 1 heterocycles. The zero-order valence-corrected chi connectivity index (χ0v) is 16.8. The first kappa shape index (κ1) is 18.2. The van der Waals surface area contributed by atoms with Gasteiger partial charge in [0.1, 0.15) is 11.6 Å². The maximum Gasteiger partial charge on any atom is 0.266 e. The molecule has 0 radical (unpaired) electrons. The van der Waals surface area contributed by atoms with Gasteiger partial charge in [0.15, 0.2) is 0 Å². The lowest BCUT2D eigenvalue weighted by atomic mass is 10.2. The van der Waals surface area contributed by atoms with Crippen molar-refractivity contribution >= 4 is 39.0 Å². The molecule has 0 aliphatic carbocycles. The molecule has 0 bridgehead atoms. The third kappa shape index (κ3) is 3.62. The number of aromatic nitrogens is 2. The number of benzene rings is 3. The molecule has 0 aliphatic heterocycles. The maximum atomic E-state index is 13.2. The van der Waals surface area contributed by atoms with Crippen molar-refractivity contribution in [3.05, 3.63) is 99.0 Å². The Bertz CT molecular complexity index is 1210. The molecule has 4 nitrogen and oxygen atoms in total. The van der Waals surface area contributed by atoms with E-state index in [-0.39, 0.29) is 5.56 Å². The van der Waals surface area contributed by atoms with E-state index in [2.05, 4.69) is 15.9 Å². The predicted molar refractivity (Wildman–Crippen MR) is 117 cm³/mol. The molecule has 5 heteroatoms. The second-order valence-corrected chi connectivity index (χ2v) is 7.13. The molecule has 4 rings (SSSR count). The summed E-state index contributed by atoms with van der Waals surface area (Å²) in [7, 11) is 1.62. The summed E-state index contributed by atoms with van der Waals surface area (Å²) in [6.45, 7) is 0. The van der Waals surface area contributed by atoms with E-state index in [9.17, 15) is 4.79 Å². The number of hydrogen-bond acceptors (Lipinski definition) is 3. The smallest absolute Gasteiger partial charge is 0.266 e. The second-order valence-electron chi connectivity index (χ2n) is 6.21. The van der Waals surface area contributed by atoms with Gasteiger partial charge in [-0.1, -0.05) is 46.3 Å². The van der Waals surface area contributed by atoms with E-state index in [4.69, 9.17) is 9.72 Å². The summed E-state index contributed by atoms with van der Waals surface area (Å²) < 4.78 is 7.87. The van der Waals surface area contributed by atoms with Gasteiger partial charge in [-0.2, -0.15) is 0 Å². The number of nitrogens with zero attached hydrogens (tertiary/aromatic N) is 2. The largest absolute Gasteiger partial charge is 0.497 e. The number of para-hydroxylation sites is 1. The van der Waals surface area contributed by atoms with Crippen LogP contribution in [0.25, 0.3) is 28.7 Å². The highest BCUT2D eigenvalue weighted by Gasteiger charge is 2.11. The van der Waals surface area contributed by atoms with Crippen molar-refractivity contribution < 1.29 is 4.74 Å². The van der Waals surface area contributed by atoms with Gasteiger partial charge in [-0.25, -0.2) is 4.98 Å². The first-order chi connectivity index (χ1) is 13.7.